The van der Waals surface area contributed by atoms with Crippen molar-refractivity contribution in [2.75, 3.05) is 20.3 Å². The molecule has 0 aliphatic heterocycles. The lowest BCUT2D eigenvalue weighted by atomic mass is 9.77. The molecule has 1 fully saturated rings. The van der Waals surface area contributed by atoms with Crippen LogP contribution in [0.3, 0.4) is 0 Å². The average molecular weight is 290 g/mol. The predicted molar refractivity (Wildman–Crippen MR) is 79.5 cm³/mol. The third-order valence-electron chi connectivity index (χ3n) is 3.93. The van der Waals surface area contributed by atoms with Gasteiger partial charge in [-0.25, -0.2) is 0 Å². The molecule has 1 aliphatic carbocycles. The monoisotopic (exact) mass is 289 g/mol. The molecular weight excluding hydrogens is 262 g/mol. The van der Waals surface area contributed by atoms with E-state index in [2.05, 4.69) is 19.2 Å². The van der Waals surface area contributed by atoms with Crippen LogP contribution in [0.2, 0.25) is 0 Å². The van der Waals surface area contributed by atoms with Crippen LogP contribution in [0.15, 0.2) is 0 Å². The molecule has 112 valence electrons. The Hall–Kier alpha value is -0.280. The first-order valence-corrected chi connectivity index (χ1v) is 7.85. The maximum Gasteiger partial charge on any atom is 0.226 e. The minimum atomic E-state index is -0.114. The Kier molecular flexibility index (Phi) is 7.16. The number of carbonyl (C=O) groups excluding carboxylic acids is 1. The quantitative estimate of drug-likeness (QED) is 0.696. The number of methoxy groups -OCH3 is 1. The number of rotatable bonds is 8. The molecule has 1 atom stereocenters. The predicted octanol–water partition coefficient (Wildman–Crippen LogP) is 3.35. The fraction of sp³-hybridized carbons (Fsp3) is 0.933. The number of carbonyl (C=O) groups is 1. The highest BCUT2D eigenvalue weighted by Gasteiger charge is 2.40. The molecule has 1 unspecified atom stereocenters. The van der Waals surface area contributed by atoms with E-state index >= 15 is 0 Å². The number of alkyl halides is 1. The van der Waals surface area contributed by atoms with Gasteiger partial charge in [0.05, 0.1) is 12.0 Å². The van der Waals surface area contributed by atoms with E-state index in [9.17, 15) is 4.79 Å². The molecule has 1 aliphatic rings. The second-order valence-electron chi connectivity index (χ2n) is 6.18. The van der Waals surface area contributed by atoms with Gasteiger partial charge < -0.3 is 10.1 Å². The molecule has 0 radical (unpaired) electrons. The smallest absolute Gasteiger partial charge is 0.226 e. The van der Waals surface area contributed by atoms with Gasteiger partial charge in [-0.3, -0.25) is 4.79 Å². The fourth-order valence-corrected chi connectivity index (χ4v) is 3.39. The normalized spacial score (nSPS) is 19.6. The lowest BCUT2D eigenvalue weighted by molar-refractivity contribution is -0.131. The molecule has 0 saturated heterocycles. The van der Waals surface area contributed by atoms with Crippen molar-refractivity contribution in [1.82, 2.24) is 5.32 Å². The summed E-state index contributed by atoms with van der Waals surface area (Å²) in [5, 5.41) is 3.06. The van der Waals surface area contributed by atoms with Gasteiger partial charge in [0.15, 0.2) is 0 Å². The summed E-state index contributed by atoms with van der Waals surface area (Å²) >= 11 is 6.07. The number of amides is 1. The van der Waals surface area contributed by atoms with Crippen molar-refractivity contribution in [1.29, 1.82) is 0 Å². The highest BCUT2D eigenvalue weighted by Crippen LogP contribution is 2.43. The van der Waals surface area contributed by atoms with E-state index in [1.807, 2.05) is 0 Å². The largest absolute Gasteiger partial charge is 0.383 e. The van der Waals surface area contributed by atoms with Gasteiger partial charge in [0, 0.05) is 19.1 Å². The molecule has 1 N–H and O–H groups in total. The van der Waals surface area contributed by atoms with Crippen molar-refractivity contribution in [3.05, 3.63) is 0 Å². The van der Waals surface area contributed by atoms with E-state index in [0.29, 0.717) is 19.1 Å². The third kappa shape index (κ3) is 5.31. The van der Waals surface area contributed by atoms with Gasteiger partial charge in [-0.2, -0.15) is 0 Å². The molecule has 0 aromatic heterocycles. The molecule has 0 heterocycles. The molecule has 0 aromatic carbocycles. The minimum Gasteiger partial charge on any atom is -0.383 e. The number of nitrogens with one attached hydrogen (secondary N) is 1. The highest BCUT2D eigenvalue weighted by atomic mass is 35.5. The van der Waals surface area contributed by atoms with Gasteiger partial charge in [-0.05, 0) is 31.6 Å². The second kappa shape index (κ2) is 8.11. The Bertz CT molecular complexity index is 275. The van der Waals surface area contributed by atoms with E-state index in [-0.39, 0.29) is 16.7 Å². The van der Waals surface area contributed by atoms with Crippen molar-refractivity contribution in [2.45, 2.75) is 57.7 Å². The van der Waals surface area contributed by atoms with E-state index in [1.54, 1.807) is 7.11 Å². The van der Waals surface area contributed by atoms with E-state index in [4.69, 9.17) is 16.3 Å². The van der Waals surface area contributed by atoms with Gasteiger partial charge in [0.1, 0.15) is 0 Å². The Morgan fingerprint density at radius 2 is 2.00 bits per heavy atom. The van der Waals surface area contributed by atoms with Gasteiger partial charge in [-0.15, -0.1) is 11.6 Å². The highest BCUT2D eigenvalue weighted by molar-refractivity contribution is 6.20. The lowest BCUT2D eigenvalue weighted by Gasteiger charge is -2.29. The van der Waals surface area contributed by atoms with Crippen LogP contribution >= 0.6 is 11.6 Å². The van der Waals surface area contributed by atoms with Crippen LogP contribution < -0.4 is 5.32 Å². The molecule has 1 saturated carbocycles. The van der Waals surface area contributed by atoms with Gasteiger partial charge in [-0.1, -0.05) is 26.7 Å². The number of hydrogen-bond donors (Lipinski definition) is 1. The molecule has 0 spiro atoms. The van der Waals surface area contributed by atoms with Crippen LogP contribution in [0, 0.1) is 11.3 Å². The van der Waals surface area contributed by atoms with Gasteiger partial charge in [0.2, 0.25) is 5.91 Å². The minimum absolute atomic E-state index is 0.0186. The van der Waals surface area contributed by atoms with Crippen LogP contribution in [0.25, 0.3) is 0 Å². The van der Waals surface area contributed by atoms with Crippen LogP contribution in [-0.2, 0) is 9.53 Å². The SMILES string of the molecule is COCC(Cl)CCNC(=O)C1(CC(C)C)CCCC1. The first kappa shape index (κ1) is 16.8. The third-order valence-corrected chi connectivity index (χ3v) is 4.28. The van der Waals surface area contributed by atoms with Crippen molar-refractivity contribution in [3.8, 4) is 0 Å². The summed E-state index contributed by atoms with van der Waals surface area (Å²) in [4.78, 5) is 12.5. The zero-order valence-electron chi connectivity index (χ0n) is 12.5. The summed E-state index contributed by atoms with van der Waals surface area (Å²) < 4.78 is 4.99. The molecule has 4 heteroatoms. The lowest BCUT2D eigenvalue weighted by Crippen LogP contribution is -2.41. The van der Waals surface area contributed by atoms with Crippen LogP contribution in [0.5, 0.6) is 0 Å². The fourth-order valence-electron chi connectivity index (χ4n) is 3.15. The molecule has 19 heavy (non-hydrogen) atoms. The second-order valence-corrected chi connectivity index (χ2v) is 6.80. The molecule has 1 amide bonds. The van der Waals surface area contributed by atoms with E-state index < -0.39 is 0 Å². The first-order valence-electron chi connectivity index (χ1n) is 7.41. The summed E-state index contributed by atoms with van der Waals surface area (Å²) in [5.41, 5.74) is -0.114. The maximum absolute atomic E-state index is 12.5. The Labute approximate surface area is 122 Å². The van der Waals surface area contributed by atoms with Crippen LogP contribution in [0.1, 0.15) is 52.4 Å². The zero-order chi connectivity index (χ0) is 14.3. The van der Waals surface area contributed by atoms with Crippen molar-refractivity contribution in [3.63, 3.8) is 0 Å². The Balaban J connectivity index is 2.41. The molecule has 0 bridgehead atoms. The molecule has 1 rings (SSSR count). The van der Waals surface area contributed by atoms with Crippen molar-refractivity contribution >= 4 is 17.5 Å². The van der Waals surface area contributed by atoms with E-state index in [0.717, 1.165) is 25.7 Å². The maximum atomic E-state index is 12.5. The van der Waals surface area contributed by atoms with Crippen LogP contribution in [-0.4, -0.2) is 31.5 Å². The number of halogens is 1. The zero-order valence-corrected chi connectivity index (χ0v) is 13.3. The number of hydrogen-bond acceptors (Lipinski definition) is 2. The van der Waals surface area contributed by atoms with Crippen molar-refractivity contribution < 1.29 is 9.53 Å². The van der Waals surface area contributed by atoms with Crippen LogP contribution in [0.4, 0.5) is 0 Å². The number of ether oxygens (including phenoxy) is 1. The summed E-state index contributed by atoms with van der Waals surface area (Å²) in [6.45, 7) is 5.58. The summed E-state index contributed by atoms with van der Waals surface area (Å²) in [6, 6.07) is 0. The summed E-state index contributed by atoms with van der Waals surface area (Å²) in [6.07, 6.45) is 6.21. The van der Waals surface area contributed by atoms with E-state index in [1.165, 1.54) is 12.8 Å². The summed E-state index contributed by atoms with van der Waals surface area (Å²) in [7, 11) is 1.64. The standard InChI is InChI=1S/C15H28ClNO2/c1-12(2)10-15(7-4-5-8-15)14(18)17-9-6-13(16)11-19-3/h12-13H,4-11H2,1-3H3,(H,17,18). The van der Waals surface area contributed by atoms with Gasteiger partial charge >= 0.3 is 0 Å². The summed E-state index contributed by atoms with van der Waals surface area (Å²) in [5.74, 6) is 0.804. The molecule has 3 nitrogen and oxygen atoms in total. The molecular formula is C15H28ClNO2. The Morgan fingerprint density at radius 1 is 1.37 bits per heavy atom. The topological polar surface area (TPSA) is 38.3 Å². The average Bonchev–Trinajstić information content (AvgIpc) is 2.78. The van der Waals surface area contributed by atoms with Gasteiger partial charge in [0.25, 0.3) is 0 Å². The van der Waals surface area contributed by atoms with Crippen molar-refractivity contribution in [2.24, 2.45) is 11.3 Å². The molecule has 0 aromatic rings. The Morgan fingerprint density at radius 3 is 2.53 bits per heavy atom. The first-order chi connectivity index (χ1) is 9.00.